The Morgan fingerprint density at radius 2 is 2.11 bits per heavy atom. The molecule has 0 spiro atoms. The molecule has 0 amide bonds. The molecule has 0 aliphatic heterocycles. The van der Waals surface area contributed by atoms with Gasteiger partial charge >= 0.3 is 5.97 Å². The Morgan fingerprint density at radius 3 is 2.72 bits per heavy atom. The zero-order chi connectivity index (χ0) is 13.8. The van der Waals surface area contributed by atoms with Gasteiger partial charge in [-0.1, -0.05) is 34.1 Å². The van der Waals surface area contributed by atoms with E-state index in [9.17, 15) is 4.79 Å². The highest BCUT2D eigenvalue weighted by Crippen LogP contribution is 2.23. The van der Waals surface area contributed by atoms with Crippen molar-refractivity contribution in [3.05, 3.63) is 39.9 Å². The molecule has 0 aliphatic carbocycles. The molecular formula is C15H19BrO2. The SMILES string of the molecule is Cc1ccc(Br)cc1/C=C/CCC(C)(C)C(=O)O. The summed E-state index contributed by atoms with van der Waals surface area (Å²) in [6.45, 7) is 5.58. The van der Waals surface area contributed by atoms with Crippen LogP contribution in [-0.4, -0.2) is 11.1 Å². The summed E-state index contributed by atoms with van der Waals surface area (Å²) in [6.07, 6.45) is 5.51. The summed E-state index contributed by atoms with van der Waals surface area (Å²) in [5, 5.41) is 9.01. The Balaban J connectivity index is 2.61. The second-order valence-electron chi connectivity index (χ2n) is 5.13. The fourth-order valence-corrected chi connectivity index (χ4v) is 1.93. The molecule has 3 heteroatoms. The largest absolute Gasteiger partial charge is 0.481 e. The molecule has 0 bridgehead atoms. The van der Waals surface area contributed by atoms with Gasteiger partial charge in [0.2, 0.25) is 0 Å². The molecule has 0 unspecified atom stereocenters. The van der Waals surface area contributed by atoms with Crippen molar-refractivity contribution in [1.29, 1.82) is 0 Å². The molecule has 0 saturated carbocycles. The van der Waals surface area contributed by atoms with Gasteiger partial charge in [-0.05, 0) is 56.9 Å². The molecule has 0 radical (unpaired) electrons. The average molecular weight is 311 g/mol. The van der Waals surface area contributed by atoms with Gasteiger partial charge in [0.05, 0.1) is 5.41 Å². The summed E-state index contributed by atoms with van der Waals surface area (Å²) < 4.78 is 1.05. The zero-order valence-corrected chi connectivity index (χ0v) is 12.6. The highest BCUT2D eigenvalue weighted by molar-refractivity contribution is 9.10. The molecule has 1 N–H and O–H groups in total. The maximum Gasteiger partial charge on any atom is 0.309 e. The number of carbonyl (C=O) groups is 1. The molecule has 0 atom stereocenters. The number of aliphatic carboxylic acids is 1. The minimum Gasteiger partial charge on any atom is -0.481 e. The van der Waals surface area contributed by atoms with Crippen LogP contribution in [0.15, 0.2) is 28.7 Å². The minimum absolute atomic E-state index is 0.645. The number of rotatable bonds is 5. The van der Waals surface area contributed by atoms with E-state index in [2.05, 4.69) is 41.1 Å². The van der Waals surface area contributed by atoms with E-state index in [1.165, 1.54) is 5.56 Å². The maximum absolute atomic E-state index is 11.0. The van der Waals surface area contributed by atoms with Crippen LogP contribution in [-0.2, 0) is 4.79 Å². The number of carboxylic acid groups (broad SMARTS) is 1. The van der Waals surface area contributed by atoms with E-state index in [-0.39, 0.29) is 0 Å². The molecule has 0 aromatic heterocycles. The zero-order valence-electron chi connectivity index (χ0n) is 11.0. The monoisotopic (exact) mass is 310 g/mol. The number of aryl methyl sites for hydroxylation is 1. The predicted octanol–water partition coefficient (Wildman–Crippen LogP) is 4.66. The first-order chi connectivity index (χ1) is 8.33. The van der Waals surface area contributed by atoms with Crippen molar-refractivity contribution in [2.75, 3.05) is 0 Å². The van der Waals surface area contributed by atoms with Crippen LogP contribution in [0.5, 0.6) is 0 Å². The maximum atomic E-state index is 11.0. The molecule has 1 aromatic rings. The standard InChI is InChI=1S/C15H19BrO2/c1-11-7-8-13(16)10-12(11)6-4-5-9-15(2,3)14(17)18/h4,6-8,10H,5,9H2,1-3H3,(H,17,18)/b6-4+. The molecule has 0 fully saturated rings. The number of hydrogen-bond acceptors (Lipinski definition) is 1. The normalized spacial score (nSPS) is 12.0. The highest BCUT2D eigenvalue weighted by Gasteiger charge is 2.25. The van der Waals surface area contributed by atoms with Gasteiger partial charge in [0.15, 0.2) is 0 Å². The number of carboxylic acids is 1. The summed E-state index contributed by atoms with van der Waals surface area (Å²) in [4.78, 5) is 11.0. The van der Waals surface area contributed by atoms with E-state index >= 15 is 0 Å². The van der Waals surface area contributed by atoms with E-state index in [1.54, 1.807) is 13.8 Å². The van der Waals surface area contributed by atoms with Gasteiger partial charge in [0, 0.05) is 4.47 Å². The van der Waals surface area contributed by atoms with E-state index in [4.69, 9.17) is 5.11 Å². The Bertz CT molecular complexity index is 462. The van der Waals surface area contributed by atoms with Crippen LogP contribution in [0.3, 0.4) is 0 Å². The first-order valence-electron chi connectivity index (χ1n) is 5.99. The molecule has 0 aliphatic rings. The molecule has 0 heterocycles. The highest BCUT2D eigenvalue weighted by atomic mass is 79.9. The van der Waals surface area contributed by atoms with E-state index in [0.717, 1.165) is 16.5 Å². The quantitative estimate of drug-likeness (QED) is 0.858. The Kier molecular flexibility index (Phi) is 5.15. The molecule has 2 nitrogen and oxygen atoms in total. The summed E-state index contributed by atoms with van der Waals surface area (Å²) in [6, 6.07) is 6.14. The van der Waals surface area contributed by atoms with Crippen molar-refractivity contribution in [3.63, 3.8) is 0 Å². The third-order valence-corrected chi connectivity index (χ3v) is 3.55. The van der Waals surface area contributed by atoms with Gasteiger partial charge in [-0.2, -0.15) is 0 Å². The third-order valence-electron chi connectivity index (χ3n) is 3.05. The van der Waals surface area contributed by atoms with Gasteiger partial charge in [-0.3, -0.25) is 4.79 Å². The Labute approximate surface area is 117 Å². The lowest BCUT2D eigenvalue weighted by Gasteiger charge is -2.17. The predicted molar refractivity (Wildman–Crippen MR) is 78.6 cm³/mol. The van der Waals surface area contributed by atoms with Crippen molar-refractivity contribution >= 4 is 28.0 Å². The first kappa shape index (κ1) is 15.0. The van der Waals surface area contributed by atoms with Crippen molar-refractivity contribution < 1.29 is 9.90 Å². The van der Waals surface area contributed by atoms with E-state index in [0.29, 0.717) is 6.42 Å². The number of benzene rings is 1. The average Bonchev–Trinajstić information content (AvgIpc) is 2.28. The lowest BCUT2D eigenvalue weighted by Crippen LogP contribution is -2.22. The van der Waals surface area contributed by atoms with Crippen molar-refractivity contribution in [3.8, 4) is 0 Å². The van der Waals surface area contributed by atoms with Gasteiger partial charge in [-0.25, -0.2) is 0 Å². The molecule has 0 saturated heterocycles. The van der Waals surface area contributed by atoms with E-state index in [1.807, 2.05) is 12.1 Å². The van der Waals surface area contributed by atoms with Crippen LogP contribution < -0.4 is 0 Å². The Hall–Kier alpha value is -1.09. The third kappa shape index (κ3) is 4.30. The molecular weight excluding hydrogens is 292 g/mol. The van der Waals surface area contributed by atoms with Gasteiger partial charge in [0.1, 0.15) is 0 Å². The second-order valence-corrected chi connectivity index (χ2v) is 6.05. The van der Waals surface area contributed by atoms with Gasteiger partial charge in [-0.15, -0.1) is 0 Å². The van der Waals surface area contributed by atoms with Crippen molar-refractivity contribution in [2.24, 2.45) is 5.41 Å². The van der Waals surface area contributed by atoms with Crippen LogP contribution in [0, 0.1) is 12.3 Å². The summed E-state index contributed by atoms with van der Waals surface area (Å²) in [5.41, 5.74) is 1.72. The van der Waals surface area contributed by atoms with Crippen LogP contribution in [0.2, 0.25) is 0 Å². The van der Waals surface area contributed by atoms with Crippen molar-refractivity contribution in [2.45, 2.75) is 33.6 Å². The number of allylic oxidation sites excluding steroid dienone is 1. The summed E-state index contributed by atoms with van der Waals surface area (Å²) >= 11 is 3.44. The molecule has 1 aromatic carbocycles. The minimum atomic E-state index is -0.741. The Morgan fingerprint density at radius 1 is 1.44 bits per heavy atom. The second kappa shape index (κ2) is 6.19. The topological polar surface area (TPSA) is 37.3 Å². The fourth-order valence-electron chi connectivity index (χ4n) is 1.55. The van der Waals surface area contributed by atoms with Crippen LogP contribution >= 0.6 is 15.9 Å². The van der Waals surface area contributed by atoms with Crippen LogP contribution in [0.4, 0.5) is 0 Å². The van der Waals surface area contributed by atoms with Gasteiger partial charge in [0.25, 0.3) is 0 Å². The number of halogens is 1. The van der Waals surface area contributed by atoms with Gasteiger partial charge < -0.3 is 5.11 Å². The fraction of sp³-hybridized carbons (Fsp3) is 0.400. The first-order valence-corrected chi connectivity index (χ1v) is 6.78. The van der Waals surface area contributed by atoms with Crippen molar-refractivity contribution in [1.82, 2.24) is 0 Å². The molecule has 98 valence electrons. The van der Waals surface area contributed by atoms with Crippen LogP contribution in [0.1, 0.15) is 37.8 Å². The smallest absolute Gasteiger partial charge is 0.309 e. The molecule has 1 rings (SSSR count). The van der Waals surface area contributed by atoms with Crippen LogP contribution in [0.25, 0.3) is 6.08 Å². The summed E-state index contributed by atoms with van der Waals surface area (Å²) in [5.74, 6) is -0.741. The summed E-state index contributed by atoms with van der Waals surface area (Å²) in [7, 11) is 0. The van der Waals surface area contributed by atoms with E-state index < -0.39 is 11.4 Å². The molecule has 18 heavy (non-hydrogen) atoms. The lowest BCUT2D eigenvalue weighted by atomic mass is 9.88. The lowest BCUT2D eigenvalue weighted by molar-refractivity contribution is -0.147. The number of hydrogen-bond donors (Lipinski definition) is 1.